The van der Waals surface area contributed by atoms with E-state index in [1.54, 1.807) is 19.1 Å². The number of hydrogen-bond acceptors (Lipinski definition) is 6. The summed E-state index contributed by atoms with van der Waals surface area (Å²) < 4.78 is 5.12. The number of carbonyl (C=O) groups excluding carboxylic acids is 2. The molecule has 0 saturated carbocycles. The Balaban J connectivity index is 1.83. The molecule has 0 heterocycles. The quantitative estimate of drug-likeness (QED) is 0.221. The number of nitro benzene ring substituents is 1. The lowest BCUT2D eigenvalue weighted by Gasteiger charge is -2.17. The third-order valence-corrected chi connectivity index (χ3v) is 5.11. The van der Waals surface area contributed by atoms with Gasteiger partial charge >= 0.3 is 5.97 Å². The van der Waals surface area contributed by atoms with E-state index in [1.807, 2.05) is 30.3 Å². The highest BCUT2D eigenvalue weighted by atomic mass is 16.6. The van der Waals surface area contributed by atoms with E-state index in [2.05, 4.69) is 17.2 Å². The fraction of sp³-hybridized carbons (Fsp3) is 0.185. The second-order valence-corrected chi connectivity index (χ2v) is 7.59. The average molecular weight is 472 g/mol. The summed E-state index contributed by atoms with van der Waals surface area (Å²) in [6.07, 6.45) is 0.878. The summed E-state index contributed by atoms with van der Waals surface area (Å²) in [6.45, 7) is 1.86. The highest BCUT2D eigenvalue weighted by molar-refractivity contribution is 5.97. The highest BCUT2D eigenvalue weighted by Gasteiger charge is 2.24. The summed E-state index contributed by atoms with van der Waals surface area (Å²) >= 11 is 0. The molecule has 0 aliphatic rings. The number of carbonyl (C=O) groups is 2. The number of nitrogens with zero attached hydrogens (tertiary/aromatic N) is 1. The third-order valence-electron chi connectivity index (χ3n) is 5.11. The van der Waals surface area contributed by atoms with Crippen molar-refractivity contribution in [2.45, 2.75) is 25.8 Å². The Morgan fingerprint density at radius 2 is 1.77 bits per heavy atom. The van der Waals surface area contributed by atoms with E-state index in [0.717, 1.165) is 5.56 Å². The van der Waals surface area contributed by atoms with Gasteiger partial charge in [-0.05, 0) is 61.7 Å². The van der Waals surface area contributed by atoms with Gasteiger partial charge in [-0.2, -0.15) is 0 Å². The van der Waals surface area contributed by atoms with Crippen LogP contribution in [0.4, 0.5) is 5.69 Å². The van der Waals surface area contributed by atoms with Crippen molar-refractivity contribution in [3.63, 3.8) is 0 Å². The molecule has 8 heteroatoms. The number of phenols is 1. The molecule has 178 valence electrons. The van der Waals surface area contributed by atoms with Gasteiger partial charge in [-0.3, -0.25) is 14.9 Å². The topological polar surface area (TPSA) is 119 Å². The summed E-state index contributed by atoms with van der Waals surface area (Å²) in [5, 5.41) is 23.5. The Morgan fingerprint density at radius 1 is 1.06 bits per heavy atom. The average Bonchev–Trinajstić information content (AvgIpc) is 2.86. The number of hydrogen-bond donors (Lipinski definition) is 2. The molecule has 0 spiro atoms. The van der Waals surface area contributed by atoms with Crippen LogP contribution in [-0.2, 0) is 16.0 Å². The highest BCUT2D eigenvalue weighted by Crippen LogP contribution is 2.20. The molecular formula is C27H24N2O6. The molecule has 1 atom stereocenters. The zero-order chi connectivity index (χ0) is 25.2. The van der Waals surface area contributed by atoms with Crippen LogP contribution in [0.2, 0.25) is 0 Å². The Morgan fingerprint density at radius 3 is 2.43 bits per heavy atom. The van der Waals surface area contributed by atoms with Gasteiger partial charge in [0.25, 0.3) is 11.6 Å². The number of nitrogens with one attached hydrogen (secondary N) is 1. The third kappa shape index (κ3) is 7.17. The number of phenolic OH excluding ortho intramolecular Hbond substituents is 1. The minimum absolute atomic E-state index is 0.0488. The summed E-state index contributed by atoms with van der Waals surface area (Å²) in [5.74, 6) is 4.47. The van der Waals surface area contributed by atoms with Gasteiger partial charge < -0.3 is 15.2 Å². The van der Waals surface area contributed by atoms with Crippen LogP contribution in [0.3, 0.4) is 0 Å². The maximum Gasteiger partial charge on any atom is 0.328 e. The van der Waals surface area contributed by atoms with E-state index >= 15 is 0 Å². The molecular weight excluding hydrogens is 448 g/mol. The van der Waals surface area contributed by atoms with Gasteiger partial charge in [0.2, 0.25) is 0 Å². The number of benzene rings is 3. The minimum atomic E-state index is -0.885. The predicted molar refractivity (Wildman–Crippen MR) is 130 cm³/mol. The van der Waals surface area contributed by atoms with Crippen molar-refractivity contribution < 1.29 is 24.4 Å². The molecule has 0 fully saturated rings. The lowest BCUT2D eigenvalue weighted by atomic mass is 10.0. The molecule has 0 aliphatic heterocycles. The molecule has 3 aromatic carbocycles. The van der Waals surface area contributed by atoms with Crippen LogP contribution in [0, 0.1) is 22.0 Å². The van der Waals surface area contributed by atoms with Gasteiger partial charge in [0.05, 0.1) is 11.5 Å². The Bertz CT molecular complexity index is 1260. The number of aryl methyl sites for hydroxylation is 1. The number of aromatic hydroxyl groups is 1. The van der Waals surface area contributed by atoms with Crippen molar-refractivity contribution >= 4 is 17.6 Å². The first-order valence-electron chi connectivity index (χ1n) is 11.0. The molecule has 35 heavy (non-hydrogen) atoms. The van der Waals surface area contributed by atoms with E-state index < -0.39 is 22.8 Å². The number of ether oxygens (including phenoxy) is 1. The number of amides is 1. The van der Waals surface area contributed by atoms with Gasteiger partial charge in [-0.25, -0.2) is 4.79 Å². The van der Waals surface area contributed by atoms with E-state index in [1.165, 1.54) is 30.3 Å². The summed E-state index contributed by atoms with van der Waals surface area (Å²) in [6, 6.07) is 18.5. The van der Waals surface area contributed by atoms with E-state index in [4.69, 9.17) is 4.74 Å². The molecule has 3 aromatic rings. The minimum Gasteiger partial charge on any atom is -0.508 e. The Kier molecular flexibility index (Phi) is 8.57. The monoisotopic (exact) mass is 472 g/mol. The molecule has 0 unspecified atom stereocenters. The molecule has 0 radical (unpaired) electrons. The SMILES string of the molecule is CCOC(=O)[C@H](CCc1ccccc1)NC(=O)c1ccc([N+](=O)[O-])c(C#Cc2ccc(O)cc2)c1. The van der Waals surface area contributed by atoms with Crippen molar-refractivity contribution in [1.29, 1.82) is 0 Å². The number of nitro groups is 1. The van der Waals surface area contributed by atoms with Crippen LogP contribution in [0.15, 0.2) is 72.8 Å². The van der Waals surface area contributed by atoms with Crippen LogP contribution in [-0.4, -0.2) is 34.6 Å². The fourth-order valence-corrected chi connectivity index (χ4v) is 3.31. The van der Waals surface area contributed by atoms with Gasteiger partial charge in [-0.15, -0.1) is 0 Å². The van der Waals surface area contributed by atoms with E-state index in [-0.39, 0.29) is 29.2 Å². The lowest BCUT2D eigenvalue weighted by molar-refractivity contribution is -0.385. The second kappa shape index (κ2) is 12.0. The van der Waals surface area contributed by atoms with Crippen molar-refractivity contribution in [3.05, 3.63) is 105 Å². The zero-order valence-electron chi connectivity index (χ0n) is 19.1. The first kappa shape index (κ1) is 25.0. The summed E-state index contributed by atoms with van der Waals surface area (Å²) in [4.78, 5) is 36.3. The Labute approximate surface area is 202 Å². The smallest absolute Gasteiger partial charge is 0.328 e. The molecule has 0 bridgehead atoms. The summed E-state index contributed by atoms with van der Waals surface area (Å²) in [5.41, 5.74) is 1.47. The molecule has 0 aromatic heterocycles. The molecule has 1 amide bonds. The first-order valence-corrected chi connectivity index (χ1v) is 11.0. The van der Waals surface area contributed by atoms with Crippen molar-refractivity contribution in [1.82, 2.24) is 5.32 Å². The maximum absolute atomic E-state index is 13.0. The van der Waals surface area contributed by atoms with Gasteiger partial charge in [0.15, 0.2) is 0 Å². The second-order valence-electron chi connectivity index (χ2n) is 7.59. The molecule has 2 N–H and O–H groups in total. The number of rotatable bonds is 8. The van der Waals surface area contributed by atoms with E-state index in [0.29, 0.717) is 18.4 Å². The standard InChI is InChI=1S/C27H24N2O6/c1-2-35-27(32)24(16-11-19-6-4-3-5-7-19)28-26(31)22-13-17-25(29(33)34)21(18-22)12-8-20-9-14-23(30)15-10-20/h3-7,9-10,13-15,17-18,24,30H,2,11,16H2,1H3,(H,28,31)/t24-/m0/s1. The number of esters is 1. The zero-order valence-corrected chi connectivity index (χ0v) is 19.1. The molecule has 0 aliphatic carbocycles. The van der Waals surface area contributed by atoms with Crippen LogP contribution in [0.1, 0.15) is 40.4 Å². The van der Waals surface area contributed by atoms with Crippen LogP contribution in [0.5, 0.6) is 5.75 Å². The van der Waals surface area contributed by atoms with Crippen molar-refractivity contribution in [2.24, 2.45) is 0 Å². The fourth-order valence-electron chi connectivity index (χ4n) is 3.31. The predicted octanol–water partition coefficient (Wildman–Crippen LogP) is 3.99. The van der Waals surface area contributed by atoms with Crippen molar-refractivity contribution in [2.75, 3.05) is 6.61 Å². The van der Waals surface area contributed by atoms with Gasteiger partial charge in [0, 0.05) is 17.2 Å². The maximum atomic E-state index is 13.0. The van der Waals surface area contributed by atoms with E-state index in [9.17, 15) is 24.8 Å². The molecule has 0 saturated heterocycles. The first-order chi connectivity index (χ1) is 16.9. The molecule has 8 nitrogen and oxygen atoms in total. The lowest BCUT2D eigenvalue weighted by Crippen LogP contribution is -2.42. The largest absolute Gasteiger partial charge is 0.508 e. The van der Waals surface area contributed by atoms with Gasteiger partial charge in [0.1, 0.15) is 17.4 Å². The van der Waals surface area contributed by atoms with Crippen LogP contribution in [0.25, 0.3) is 0 Å². The van der Waals surface area contributed by atoms with Gasteiger partial charge in [-0.1, -0.05) is 42.2 Å². The Hall–Kier alpha value is -4.64. The summed E-state index contributed by atoms with van der Waals surface area (Å²) in [7, 11) is 0. The van der Waals surface area contributed by atoms with Crippen molar-refractivity contribution in [3.8, 4) is 17.6 Å². The van der Waals surface area contributed by atoms with Crippen LogP contribution >= 0.6 is 0 Å². The van der Waals surface area contributed by atoms with Crippen LogP contribution < -0.4 is 5.32 Å². The molecule has 3 rings (SSSR count). The normalized spacial score (nSPS) is 11.0.